The predicted octanol–water partition coefficient (Wildman–Crippen LogP) is 4.44. The topological polar surface area (TPSA) is 75.6 Å². The molecule has 1 amide bonds. The lowest BCUT2D eigenvalue weighted by atomic mass is 10.1. The summed E-state index contributed by atoms with van der Waals surface area (Å²) >= 11 is 0. The number of guanidine groups is 1. The van der Waals surface area contributed by atoms with Gasteiger partial charge in [0.15, 0.2) is 0 Å². The molecule has 0 radical (unpaired) electrons. The van der Waals surface area contributed by atoms with Gasteiger partial charge in [-0.05, 0) is 66.9 Å². The molecule has 30 heavy (non-hydrogen) atoms. The van der Waals surface area contributed by atoms with Crippen molar-refractivity contribution in [1.29, 1.82) is 0 Å². The summed E-state index contributed by atoms with van der Waals surface area (Å²) < 4.78 is 5.43. The molecule has 6 nitrogen and oxygen atoms in total. The van der Waals surface area contributed by atoms with Crippen molar-refractivity contribution in [1.82, 2.24) is 10.3 Å². The summed E-state index contributed by atoms with van der Waals surface area (Å²) in [6.07, 6.45) is 4.44. The van der Waals surface area contributed by atoms with E-state index in [1.807, 2.05) is 31.2 Å². The number of benzene rings is 2. The van der Waals surface area contributed by atoms with E-state index in [-0.39, 0.29) is 5.91 Å². The second kappa shape index (κ2) is 10.8. The van der Waals surface area contributed by atoms with Crippen molar-refractivity contribution in [2.75, 3.05) is 11.9 Å². The van der Waals surface area contributed by atoms with Crippen molar-refractivity contribution in [3.63, 3.8) is 0 Å². The molecule has 3 aromatic rings. The highest BCUT2D eigenvalue weighted by molar-refractivity contribution is 6.10. The zero-order valence-electron chi connectivity index (χ0n) is 17.3. The number of carbonyl (C=O) groups excluding carboxylic acids is 1. The minimum atomic E-state index is -0.249. The molecule has 0 bridgehead atoms. The van der Waals surface area contributed by atoms with E-state index >= 15 is 0 Å². The molecule has 0 unspecified atom stereocenters. The van der Waals surface area contributed by atoms with Crippen LogP contribution < -0.4 is 15.4 Å². The summed E-state index contributed by atoms with van der Waals surface area (Å²) in [4.78, 5) is 21.4. The van der Waals surface area contributed by atoms with Gasteiger partial charge in [-0.25, -0.2) is 4.99 Å². The minimum absolute atomic E-state index is 0.249. The Hall–Kier alpha value is -3.67. The summed E-state index contributed by atoms with van der Waals surface area (Å²) in [6.45, 7) is 5.01. The summed E-state index contributed by atoms with van der Waals surface area (Å²) in [6, 6.07) is 18.9. The molecule has 0 aliphatic heterocycles. The fourth-order valence-electron chi connectivity index (χ4n) is 2.78. The number of pyridine rings is 1. The largest absolute Gasteiger partial charge is 0.494 e. The van der Waals surface area contributed by atoms with E-state index in [1.54, 1.807) is 36.7 Å². The molecule has 6 heteroatoms. The molecule has 154 valence electrons. The molecule has 0 spiro atoms. The number of ether oxygens (including phenoxy) is 1. The van der Waals surface area contributed by atoms with Crippen molar-refractivity contribution in [2.45, 2.75) is 26.8 Å². The molecule has 0 saturated heterocycles. The zero-order chi connectivity index (χ0) is 21.2. The first-order chi connectivity index (χ1) is 14.7. The van der Waals surface area contributed by atoms with Gasteiger partial charge in [-0.1, -0.05) is 25.1 Å². The fourth-order valence-corrected chi connectivity index (χ4v) is 2.78. The number of nitrogens with zero attached hydrogens (tertiary/aromatic N) is 2. The molecule has 0 fully saturated rings. The Balaban J connectivity index is 1.75. The van der Waals surface area contributed by atoms with Crippen molar-refractivity contribution in [3.8, 4) is 5.75 Å². The third-order valence-electron chi connectivity index (χ3n) is 4.43. The highest BCUT2D eigenvalue weighted by Gasteiger charge is 2.10. The van der Waals surface area contributed by atoms with Crippen LogP contribution in [-0.2, 0) is 13.0 Å². The van der Waals surface area contributed by atoms with Gasteiger partial charge in [-0.3, -0.25) is 15.1 Å². The third kappa shape index (κ3) is 6.17. The van der Waals surface area contributed by atoms with E-state index < -0.39 is 0 Å². The van der Waals surface area contributed by atoms with Crippen molar-refractivity contribution in [2.24, 2.45) is 4.99 Å². The summed E-state index contributed by atoms with van der Waals surface area (Å²) in [7, 11) is 0. The lowest BCUT2D eigenvalue weighted by Crippen LogP contribution is -2.36. The normalized spacial score (nSPS) is 11.1. The van der Waals surface area contributed by atoms with Gasteiger partial charge in [0, 0.05) is 23.6 Å². The van der Waals surface area contributed by atoms with Gasteiger partial charge in [0.05, 0.1) is 13.2 Å². The Morgan fingerprint density at radius 3 is 2.40 bits per heavy atom. The van der Waals surface area contributed by atoms with Gasteiger partial charge < -0.3 is 10.1 Å². The summed E-state index contributed by atoms with van der Waals surface area (Å²) in [5.41, 5.74) is 3.57. The van der Waals surface area contributed by atoms with Crippen LogP contribution >= 0.6 is 0 Å². The van der Waals surface area contributed by atoms with E-state index in [0.29, 0.717) is 24.7 Å². The van der Waals surface area contributed by atoms with Crippen LogP contribution in [0.25, 0.3) is 0 Å². The smallest absolute Gasteiger partial charge is 0.257 e. The number of carbonyl (C=O) groups is 1. The number of rotatable bonds is 7. The number of hydrogen-bond donors (Lipinski definition) is 2. The molecular formula is C24H26N4O2. The monoisotopic (exact) mass is 402 g/mol. The molecule has 0 aliphatic rings. The molecule has 0 saturated carbocycles. The highest BCUT2D eigenvalue weighted by atomic mass is 16.5. The van der Waals surface area contributed by atoms with Gasteiger partial charge in [0.2, 0.25) is 5.96 Å². The average molecular weight is 402 g/mol. The standard InChI is InChI=1S/C24H26N4O2/c1-3-18-7-11-21(12-8-18)27-24(26-17-19-6-5-15-25-16-19)28-23(29)20-9-13-22(14-10-20)30-4-2/h5-16H,3-4,17H2,1-2H3,(H2,26,27,28,29). The van der Waals surface area contributed by atoms with Gasteiger partial charge >= 0.3 is 0 Å². The quantitative estimate of drug-likeness (QED) is 0.452. The van der Waals surface area contributed by atoms with Crippen LogP contribution in [0.2, 0.25) is 0 Å². The maximum absolute atomic E-state index is 12.7. The van der Waals surface area contributed by atoms with E-state index in [0.717, 1.165) is 23.4 Å². The predicted molar refractivity (Wildman–Crippen MR) is 120 cm³/mol. The first-order valence-corrected chi connectivity index (χ1v) is 10.0. The molecule has 0 aliphatic carbocycles. The Labute approximate surface area is 177 Å². The number of anilines is 1. The SMILES string of the molecule is CCOc1ccc(C(=O)NC(=NCc2cccnc2)Nc2ccc(CC)cc2)cc1. The second-order valence-corrected chi connectivity index (χ2v) is 6.61. The van der Waals surface area contributed by atoms with Crippen LogP contribution in [0.15, 0.2) is 78.0 Å². The van der Waals surface area contributed by atoms with E-state index in [2.05, 4.69) is 39.7 Å². The molecule has 1 heterocycles. The van der Waals surface area contributed by atoms with E-state index in [4.69, 9.17) is 4.74 Å². The Bertz CT molecular complexity index is 968. The highest BCUT2D eigenvalue weighted by Crippen LogP contribution is 2.13. The van der Waals surface area contributed by atoms with Crippen LogP contribution in [0, 0.1) is 0 Å². The van der Waals surface area contributed by atoms with Crippen LogP contribution in [0.1, 0.15) is 35.3 Å². The first-order valence-electron chi connectivity index (χ1n) is 10.0. The molecule has 2 N–H and O–H groups in total. The number of aryl methyl sites for hydroxylation is 1. The van der Waals surface area contributed by atoms with Crippen LogP contribution in [0.5, 0.6) is 5.75 Å². The molecule has 3 rings (SSSR count). The fraction of sp³-hybridized carbons (Fsp3) is 0.208. The molecule has 0 atom stereocenters. The Morgan fingerprint density at radius 1 is 1.00 bits per heavy atom. The van der Waals surface area contributed by atoms with Gasteiger partial charge in [0.1, 0.15) is 5.75 Å². The molecule has 2 aromatic carbocycles. The minimum Gasteiger partial charge on any atom is -0.494 e. The summed E-state index contributed by atoms with van der Waals surface area (Å²) in [5.74, 6) is 0.858. The lowest BCUT2D eigenvalue weighted by Gasteiger charge is -2.13. The maximum atomic E-state index is 12.7. The number of aliphatic imine (C=N–C) groups is 1. The number of amides is 1. The Morgan fingerprint density at radius 2 is 1.77 bits per heavy atom. The maximum Gasteiger partial charge on any atom is 0.257 e. The van der Waals surface area contributed by atoms with Crippen LogP contribution in [0.4, 0.5) is 5.69 Å². The van der Waals surface area contributed by atoms with Gasteiger partial charge in [0.25, 0.3) is 5.91 Å². The average Bonchev–Trinajstić information content (AvgIpc) is 2.79. The van der Waals surface area contributed by atoms with Gasteiger partial charge in [-0.2, -0.15) is 0 Å². The third-order valence-corrected chi connectivity index (χ3v) is 4.43. The van der Waals surface area contributed by atoms with Crippen LogP contribution in [0.3, 0.4) is 0 Å². The number of hydrogen-bond acceptors (Lipinski definition) is 4. The molecule has 1 aromatic heterocycles. The first kappa shape index (κ1) is 21.0. The number of aromatic nitrogens is 1. The lowest BCUT2D eigenvalue weighted by molar-refractivity contribution is 0.0977. The van der Waals surface area contributed by atoms with E-state index in [9.17, 15) is 4.79 Å². The van der Waals surface area contributed by atoms with Crippen molar-refractivity contribution in [3.05, 3.63) is 89.7 Å². The second-order valence-electron chi connectivity index (χ2n) is 6.61. The molecular weight excluding hydrogens is 376 g/mol. The van der Waals surface area contributed by atoms with Crippen molar-refractivity contribution >= 4 is 17.6 Å². The van der Waals surface area contributed by atoms with Crippen LogP contribution in [-0.4, -0.2) is 23.5 Å². The zero-order valence-corrected chi connectivity index (χ0v) is 17.3. The Kier molecular flexibility index (Phi) is 7.55. The van der Waals surface area contributed by atoms with Crippen molar-refractivity contribution < 1.29 is 9.53 Å². The van der Waals surface area contributed by atoms with Gasteiger partial charge in [-0.15, -0.1) is 0 Å². The number of nitrogens with one attached hydrogen (secondary N) is 2. The van der Waals surface area contributed by atoms with E-state index in [1.165, 1.54) is 5.56 Å². The summed E-state index contributed by atoms with van der Waals surface area (Å²) in [5, 5.41) is 6.08.